The van der Waals surface area contributed by atoms with Gasteiger partial charge in [-0.1, -0.05) is 17.7 Å². The number of thiophene rings is 1. The van der Waals surface area contributed by atoms with Gasteiger partial charge in [0.2, 0.25) is 10.0 Å². The molecule has 9 heteroatoms. The van der Waals surface area contributed by atoms with E-state index in [0.717, 1.165) is 0 Å². The van der Waals surface area contributed by atoms with Crippen molar-refractivity contribution in [2.75, 3.05) is 12.3 Å². The van der Waals surface area contributed by atoms with Gasteiger partial charge >= 0.3 is 0 Å². The molecule has 0 saturated heterocycles. The lowest BCUT2D eigenvalue weighted by Gasteiger charge is -2.17. The smallest absolute Gasteiger partial charge is 0.211 e. The SMILES string of the molecule is CCS(=O)(=O)NC[C@@H](c1cccs1)S(=O)(=O)c1ccc(Cl)cc1. The maximum atomic E-state index is 12.9. The van der Waals surface area contributed by atoms with Crippen molar-refractivity contribution in [2.45, 2.75) is 17.1 Å². The van der Waals surface area contributed by atoms with Crippen molar-refractivity contribution in [3.63, 3.8) is 0 Å². The molecule has 0 amide bonds. The largest absolute Gasteiger partial charge is 0.223 e. The second kappa shape index (κ2) is 7.31. The number of halogens is 1. The fraction of sp³-hybridized carbons (Fsp3) is 0.286. The second-order valence-corrected chi connectivity index (χ2v) is 10.4. The van der Waals surface area contributed by atoms with E-state index in [2.05, 4.69) is 4.72 Å². The lowest BCUT2D eigenvalue weighted by atomic mass is 10.3. The molecule has 0 spiro atoms. The van der Waals surface area contributed by atoms with Gasteiger partial charge in [-0.25, -0.2) is 21.6 Å². The number of benzene rings is 1. The third-order valence-corrected chi connectivity index (χ3v) is 8.10. The third kappa shape index (κ3) is 4.54. The van der Waals surface area contributed by atoms with Crippen LogP contribution >= 0.6 is 22.9 Å². The molecular formula is C14H16ClNO4S3. The summed E-state index contributed by atoms with van der Waals surface area (Å²) in [5.74, 6) is -0.106. The van der Waals surface area contributed by atoms with Gasteiger partial charge in [-0.3, -0.25) is 0 Å². The zero-order valence-electron chi connectivity index (χ0n) is 12.3. The number of sulfonamides is 1. The van der Waals surface area contributed by atoms with E-state index in [1.165, 1.54) is 42.5 Å². The standard InChI is InChI=1S/C14H16ClNO4S3/c1-2-22(17,18)16-10-14(13-4-3-9-21-13)23(19,20)12-7-5-11(15)6-8-12/h3-9,14,16H,2,10H2,1H3/t14-/m0/s1. The van der Waals surface area contributed by atoms with Gasteiger partial charge in [0.05, 0.1) is 10.6 Å². The van der Waals surface area contributed by atoms with Gasteiger partial charge in [0.1, 0.15) is 5.25 Å². The van der Waals surface area contributed by atoms with E-state index in [4.69, 9.17) is 11.6 Å². The van der Waals surface area contributed by atoms with Crippen LogP contribution in [0.25, 0.3) is 0 Å². The first-order chi connectivity index (χ1) is 10.8. The highest BCUT2D eigenvalue weighted by atomic mass is 35.5. The topological polar surface area (TPSA) is 80.3 Å². The molecule has 1 aromatic carbocycles. The van der Waals surface area contributed by atoms with Crippen LogP contribution in [0.5, 0.6) is 0 Å². The van der Waals surface area contributed by atoms with Gasteiger partial charge in [-0.15, -0.1) is 11.3 Å². The summed E-state index contributed by atoms with van der Waals surface area (Å²) in [6, 6.07) is 9.26. The zero-order chi connectivity index (χ0) is 17.1. The van der Waals surface area contributed by atoms with Gasteiger partial charge in [-0.05, 0) is 42.6 Å². The Labute approximate surface area is 145 Å². The normalized spacial score (nSPS) is 13.8. The summed E-state index contributed by atoms with van der Waals surface area (Å²) in [5.41, 5.74) is 0. The molecule has 1 heterocycles. The summed E-state index contributed by atoms with van der Waals surface area (Å²) < 4.78 is 51.4. The van der Waals surface area contributed by atoms with E-state index in [1.54, 1.807) is 17.5 Å². The Morgan fingerprint density at radius 1 is 1.13 bits per heavy atom. The average Bonchev–Trinajstić information content (AvgIpc) is 3.01. The predicted molar refractivity (Wildman–Crippen MR) is 93.2 cm³/mol. The molecule has 0 saturated carbocycles. The van der Waals surface area contributed by atoms with Crippen molar-refractivity contribution in [1.82, 2.24) is 4.72 Å². The van der Waals surface area contributed by atoms with Crippen LogP contribution in [-0.2, 0) is 19.9 Å². The third-order valence-electron chi connectivity index (χ3n) is 3.25. The van der Waals surface area contributed by atoms with Crippen LogP contribution in [0, 0.1) is 0 Å². The minimum Gasteiger partial charge on any atom is -0.223 e. The van der Waals surface area contributed by atoms with E-state index >= 15 is 0 Å². The summed E-state index contributed by atoms with van der Waals surface area (Å²) >= 11 is 7.07. The minimum absolute atomic E-state index is 0.106. The van der Waals surface area contributed by atoms with Crippen molar-refractivity contribution < 1.29 is 16.8 Å². The lowest BCUT2D eigenvalue weighted by molar-refractivity contribution is 0.570. The molecule has 1 atom stereocenters. The summed E-state index contributed by atoms with van der Waals surface area (Å²) in [7, 11) is -7.23. The molecule has 0 radical (unpaired) electrons. The summed E-state index contributed by atoms with van der Waals surface area (Å²) in [6.45, 7) is 1.29. The number of nitrogens with one attached hydrogen (secondary N) is 1. The first-order valence-electron chi connectivity index (χ1n) is 6.76. The number of sulfone groups is 1. The van der Waals surface area contributed by atoms with Gasteiger partial charge < -0.3 is 0 Å². The minimum atomic E-state index is -3.75. The van der Waals surface area contributed by atoms with E-state index < -0.39 is 25.1 Å². The average molecular weight is 394 g/mol. The van der Waals surface area contributed by atoms with Crippen LogP contribution in [-0.4, -0.2) is 29.1 Å². The van der Waals surface area contributed by atoms with Crippen molar-refractivity contribution in [3.8, 4) is 0 Å². The molecule has 5 nitrogen and oxygen atoms in total. The lowest BCUT2D eigenvalue weighted by Crippen LogP contribution is -2.32. The summed E-state index contributed by atoms with van der Waals surface area (Å²) in [4.78, 5) is 0.690. The second-order valence-electron chi connectivity index (χ2n) is 4.75. The Balaban J connectivity index is 2.39. The first-order valence-corrected chi connectivity index (χ1v) is 11.2. The van der Waals surface area contributed by atoms with Crippen molar-refractivity contribution in [2.24, 2.45) is 0 Å². The maximum absolute atomic E-state index is 12.9. The van der Waals surface area contributed by atoms with Gasteiger partial charge in [0.15, 0.2) is 9.84 Å². The Bertz CT molecular complexity index is 844. The van der Waals surface area contributed by atoms with Crippen molar-refractivity contribution in [1.29, 1.82) is 0 Å². The highest BCUT2D eigenvalue weighted by Crippen LogP contribution is 2.32. The Morgan fingerprint density at radius 3 is 2.30 bits per heavy atom. The van der Waals surface area contributed by atoms with E-state index in [9.17, 15) is 16.8 Å². The van der Waals surface area contributed by atoms with E-state index in [0.29, 0.717) is 9.90 Å². The monoisotopic (exact) mass is 393 g/mol. The maximum Gasteiger partial charge on any atom is 0.211 e. The van der Waals surface area contributed by atoms with E-state index in [1.807, 2.05) is 0 Å². The summed E-state index contributed by atoms with van der Waals surface area (Å²) in [6.07, 6.45) is 0. The van der Waals surface area contributed by atoms with Crippen LogP contribution in [0.2, 0.25) is 5.02 Å². The molecular weight excluding hydrogens is 378 g/mol. The zero-order valence-corrected chi connectivity index (χ0v) is 15.5. The van der Waals surface area contributed by atoms with Crippen LogP contribution in [0.15, 0.2) is 46.7 Å². The molecule has 0 aliphatic heterocycles. The number of hydrogen-bond donors (Lipinski definition) is 1. The van der Waals surface area contributed by atoms with Crippen molar-refractivity contribution in [3.05, 3.63) is 51.7 Å². The Morgan fingerprint density at radius 2 is 1.78 bits per heavy atom. The molecule has 0 bridgehead atoms. The predicted octanol–water partition coefficient (Wildman–Crippen LogP) is 2.86. The van der Waals surface area contributed by atoms with Crippen LogP contribution in [0.4, 0.5) is 0 Å². The molecule has 126 valence electrons. The number of rotatable bonds is 7. The van der Waals surface area contributed by atoms with Crippen LogP contribution in [0.3, 0.4) is 0 Å². The molecule has 0 aliphatic carbocycles. The Hall–Kier alpha value is -0.930. The summed E-state index contributed by atoms with van der Waals surface area (Å²) in [5, 5.41) is 1.21. The molecule has 1 N–H and O–H groups in total. The van der Waals surface area contributed by atoms with Gasteiger partial charge in [0, 0.05) is 16.4 Å². The Kier molecular flexibility index (Phi) is 5.85. The molecule has 2 aromatic rings. The number of hydrogen-bond acceptors (Lipinski definition) is 5. The van der Waals surface area contributed by atoms with Gasteiger partial charge in [-0.2, -0.15) is 0 Å². The fourth-order valence-corrected chi connectivity index (χ4v) is 5.57. The highest BCUT2D eigenvalue weighted by Gasteiger charge is 2.31. The molecule has 0 unspecified atom stereocenters. The van der Waals surface area contributed by atoms with Gasteiger partial charge in [0.25, 0.3) is 0 Å². The van der Waals surface area contributed by atoms with E-state index in [-0.39, 0.29) is 17.2 Å². The molecule has 0 aliphatic rings. The molecule has 0 fully saturated rings. The van der Waals surface area contributed by atoms with Crippen LogP contribution in [0.1, 0.15) is 17.1 Å². The quantitative estimate of drug-likeness (QED) is 0.784. The molecule has 2 rings (SSSR count). The fourth-order valence-electron chi connectivity index (χ4n) is 1.93. The molecule has 23 heavy (non-hydrogen) atoms. The molecule has 1 aromatic heterocycles. The highest BCUT2D eigenvalue weighted by molar-refractivity contribution is 7.92. The first kappa shape index (κ1) is 18.4. The van der Waals surface area contributed by atoms with Crippen molar-refractivity contribution >= 4 is 42.8 Å². The van der Waals surface area contributed by atoms with Crippen LogP contribution < -0.4 is 4.72 Å².